The number of rotatable bonds is 8. The number of carbonyl (C=O) groups excluding carboxylic acids is 1. The summed E-state index contributed by atoms with van der Waals surface area (Å²) in [7, 11) is -7.52. The lowest BCUT2D eigenvalue weighted by Crippen LogP contribution is -2.37. The molecule has 180 valence electrons. The SMILES string of the molecule is Cc1cccc(N(CC(=O)Nc2ccc(S(=O)(=O)Nc3ccc(C)c(C)c3)cc2)S(C)(=O)=O)c1. The predicted molar refractivity (Wildman–Crippen MR) is 135 cm³/mol. The Balaban J connectivity index is 1.71. The maximum Gasteiger partial charge on any atom is 0.261 e. The number of benzene rings is 3. The van der Waals surface area contributed by atoms with E-state index in [9.17, 15) is 21.6 Å². The zero-order valence-corrected chi connectivity index (χ0v) is 21.0. The zero-order chi connectivity index (χ0) is 25.1. The van der Waals surface area contributed by atoms with Crippen LogP contribution in [0.15, 0.2) is 71.6 Å². The molecular weight excluding hydrogens is 474 g/mol. The summed E-state index contributed by atoms with van der Waals surface area (Å²) < 4.78 is 53.5. The Morgan fingerprint density at radius 2 is 1.47 bits per heavy atom. The van der Waals surface area contributed by atoms with Crippen molar-refractivity contribution < 1.29 is 21.6 Å². The molecule has 0 aliphatic heterocycles. The van der Waals surface area contributed by atoms with Gasteiger partial charge >= 0.3 is 0 Å². The summed E-state index contributed by atoms with van der Waals surface area (Å²) in [4.78, 5) is 12.6. The highest BCUT2D eigenvalue weighted by Crippen LogP contribution is 2.22. The molecule has 0 saturated heterocycles. The van der Waals surface area contributed by atoms with E-state index in [-0.39, 0.29) is 4.90 Å². The van der Waals surface area contributed by atoms with Crippen LogP contribution in [0.3, 0.4) is 0 Å². The van der Waals surface area contributed by atoms with Gasteiger partial charge < -0.3 is 5.32 Å². The summed E-state index contributed by atoms with van der Waals surface area (Å²) in [6.45, 7) is 5.25. The second kappa shape index (κ2) is 9.86. The van der Waals surface area contributed by atoms with Crippen LogP contribution in [0.5, 0.6) is 0 Å². The molecule has 2 N–H and O–H groups in total. The first-order valence-electron chi connectivity index (χ1n) is 10.4. The molecule has 0 aliphatic carbocycles. The zero-order valence-electron chi connectivity index (χ0n) is 19.4. The lowest BCUT2D eigenvalue weighted by molar-refractivity contribution is -0.114. The van der Waals surface area contributed by atoms with Crippen LogP contribution in [0.25, 0.3) is 0 Å². The Bertz CT molecular complexity index is 1420. The number of nitrogens with one attached hydrogen (secondary N) is 2. The van der Waals surface area contributed by atoms with E-state index in [1.165, 1.54) is 24.3 Å². The van der Waals surface area contributed by atoms with Crippen molar-refractivity contribution in [3.8, 4) is 0 Å². The fraction of sp³-hybridized carbons (Fsp3) is 0.208. The third kappa shape index (κ3) is 6.36. The fourth-order valence-corrected chi connectivity index (χ4v) is 5.15. The monoisotopic (exact) mass is 501 g/mol. The maximum atomic E-state index is 12.7. The molecule has 0 atom stereocenters. The van der Waals surface area contributed by atoms with Gasteiger partial charge in [0.2, 0.25) is 15.9 Å². The first-order chi connectivity index (χ1) is 15.8. The van der Waals surface area contributed by atoms with Crippen molar-refractivity contribution in [3.05, 3.63) is 83.4 Å². The van der Waals surface area contributed by atoms with Gasteiger partial charge in [-0.1, -0.05) is 18.2 Å². The number of sulfonamides is 2. The quantitative estimate of drug-likeness (QED) is 0.487. The van der Waals surface area contributed by atoms with Gasteiger partial charge in [0.05, 0.1) is 16.8 Å². The van der Waals surface area contributed by atoms with E-state index in [0.29, 0.717) is 17.1 Å². The second-order valence-electron chi connectivity index (χ2n) is 8.09. The van der Waals surface area contributed by atoms with Crippen molar-refractivity contribution in [2.24, 2.45) is 0 Å². The standard InChI is InChI=1S/C24H27N3O5S2/c1-17-6-5-7-22(14-17)27(33(4,29)30)16-24(28)25-20-10-12-23(13-11-20)34(31,32)26-21-9-8-18(2)19(3)15-21/h5-15,26H,16H2,1-4H3,(H,25,28). The highest BCUT2D eigenvalue weighted by Gasteiger charge is 2.21. The van der Waals surface area contributed by atoms with E-state index in [0.717, 1.165) is 27.3 Å². The lowest BCUT2D eigenvalue weighted by atomic mass is 10.1. The van der Waals surface area contributed by atoms with Gasteiger partial charge in [0.1, 0.15) is 6.54 Å². The summed E-state index contributed by atoms with van der Waals surface area (Å²) in [5.41, 5.74) is 4.06. The smallest absolute Gasteiger partial charge is 0.261 e. The largest absolute Gasteiger partial charge is 0.325 e. The van der Waals surface area contributed by atoms with Crippen LogP contribution < -0.4 is 14.3 Å². The number of nitrogens with zero attached hydrogens (tertiary/aromatic N) is 1. The minimum absolute atomic E-state index is 0.0289. The Hall–Kier alpha value is -3.37. The number of hydrogen-bond acceptors (Lipinski definition) is 5. The highest BCUT2D eigenvalue weighted by atomic mass is 32.2. The maximum absolute atomic E-state index is 12.7. The van der Waals surface area contributed by atoms with Crippen LogP contribution in [0, 0.1) is 20.8 Å². The van der Waals surface area contributed by atoms with Gasteiger partial charge in [0.25, 0.3) is 10.0 Å². The Kier molecular flexibility index (Phi) is 7.32. The van der Waals surface area contributed by atoms with Crippen LogP contribution in [-0.4, -0.2) is 35.5 Å². The van der Waals surface area contributed by atoms with E-state index >= 15 is 0 Å². The van der Waals surface area contributed by atoms with Gasteiger partial charge in [-0.05, 0) is 86.0 Å². The van der Waals surface area contributed by atoms with Gasteiger partial charge in [-0.25, -0.2) is 16.8 Å². The molecule has 0 unspecified atom stereocenters. The molecule has 3 aromatic carbocycles. The first-order valence-corrected chi connectivity index (χ1v) is 13.7. The van der Waals surface area contributed by atoms with E-state index in [1.54, 1.807) is 30.3 Å². The molecule has 0 saturated carbocycles. The molecule has 0 radical (unpaired) electrons. The molecule has 10 heteroatoms. The third-order valence-electron chi connectivity index (χ3n) is 5.18. The molecule has 3 aromatic rings. The normalized spacial score (nSPS) is 11.6. The molecule has 0 heterocycles. The molecule has 1 amide bonds. The topological polar surface area (TPSA) is 113 Å². The molecule has 3 rings (SSSR count). The van der Waals surface area contributed by atoms with Crippen LogP contribution in [0.2, 0.25) is 0 Å². The Labute approximate surface area is 200 Å². The Morgan fingerprint density at radius 3 is 2.06 bits per heavy atom. The summed E-state index contributed by atoms with van der Waals surface area (Å²) >= 11 is 0. The average molecular weight is 502 g/mol. The predicted octanol–water partition coefficient (Wildman–Crippen LogP) is 3.82. The number of aryl methyl sites for hydroxylation is 3. The minimum atomic E-state index is -3.82. The number of anilines is 3. The van der Waals surface area contributed by atoms with Crippen molar-refractivity contribution in [1.82, 2.24) is 0 Å². The molecule has 0 aromatic heterocycles. The number of amides is 1. The van der Waals surface area contributed by atoms with Gasteiger partial charge in [-0.3, -0.25) is 13.8 Å². The fourth-order valence-electron chi connectivity index (χ4n) is 3.25. The van der Waals surface area contributed by atoms with Crippen molar-refractivity contribution >= 4 is 43.0 Å². The summed E-state index contributed by atoms with van der Waals surface area (Å²) in [5.74, 6) is -0.559. The first kappa shape index (κ1) is 25.3. The van der Waals surface area contributed by atoms with E-state index in [4.69, 9.17) is 0 Å². The lowest BCUT2D eigenvalue weighted by Gasteiger charge is -2.22. The van der Waals surface area contributed by atoms with Gasteiger partial charge in [0, 0.05) is 11.4 Å². The number of carbonyl (C=O) groups is 1. The molecule has 0 bridgehead atoms. The van der Waals surface area contributed by atoms with E-state index in [2.05, 4.69) is 10.0 Å². The van der Waals surface area contributed by atoms with Crippen LogP contribution in [-0.2, 0) is 24.8 Å². The van der Waals surface area contributed by atoms with E-state index < -0.39 is 32.5 Å². The number of hydrogen-bond donors (Lipinski definition) is 2. The van der Waals surface area contributed by atoms with Gasteiger partial charge in [-0.15, -0.1) is 0 Å². The Morgan fingerprint density at radius 1 is 0.824 bits per heavy atom. The van der Waals surface area contributed by atoms with Crippen molar-refractivity contribution in [2.75, 3.05) is 27.1 Å². The molecule has 8 nitrogen and oxygen atoms in total. The molecule has 0 spiro atoms. The van der Waals surface area contributed by atoms with Gasteiger partial charge in [-0.2, -0.15) is 0 Å². The van der Waals surface area contributed by atoms with Crippen LogP contribution >= 0.6 is 0 Å². The molecular formula is C24H27N3O5S2. The molecule has 0 aliphatic rings. The average Bonchev–Trinajstić information content (AvgIpc) is 2.74. The minimum Gasteiger partial charge on any atom is -0.325 e. The molecule has 0 fully saturated rings. The third-order valence-corrected chi connectivity index (χ3v) is 7.72. The van der Waals surface area contributed by atoms with Gasteiger partial charge in [0.15, 0.2) is 0 Å². The van der Waals surface area contributed by atoms with Crippen molar-refractivity contribution in [3.63, 3.8) is 0 Å². The van der Waals surface area contributed by atoms with Crippen LogP contribution in [0.1, 0.15) is 16.7 Å². The van der Waals surface area contributed by atoms with Crippen molar-refractivity contribution in [1.29, 1.82) is 0 Å². The summed E-state index contributed by atoms with van der Waals surface area (Å²) in [6, 6.07) is 17.7. The second-order valence-corrected chi connectivity index (χ2v) is 11.7. The summed E-state index contributed by atoms with van der Waals surface area (Å²) in [6.07, 6.45) is 1.03. The highest BCUT2D eigenvalue weighted by molar-refractivity contribution is 7.92. The summed E-state index contributed by atoms with van der Waals surface area (Å²) in [5, 5.41) is 2.61. The van der Waals surface area contributed by atoms with Crippen LogP contribution in [0.4, 0.5) is 17.1 Å². The molecule has 34 heavy (non-hydrogen) atoms. The van der Waals surface area contributed by atoms with Crippen molar-refractivity contribution in [2.45, 2.75) is 25.7 Å². The van der Waals surface area contributed by atoms with E-state index in [1.807, 2.05) is 32.9 Å².